The van der Waals surface area contributed by atoms with Crippen molar-refractivity contribution in [2.45, 2.75) is 24.9 Å². The van der Waals surface area contributed by atoms with Crippen LogP contribution in [0.25, 0.3) is 0 Å². The minimum atomic E-state index is -0.249. The number of ether oxygens (including phenoxy) is 2. The van der Waals surface area contributed by atoms with E-state index in [1.165, 1.54) is 11.6 Å². The van der Waals surface area contributed by atoms with E-state index in [1.54, 1.807) is 19.2 Å². The lowest BCUT2D eigenvalue weighted by atomic mass is 9.97. The van der Waals surface area contributed by atoms with Gasteiger partial charge in [0.25, 0.3) is 0 Å². The third-order valence-electron chi connectivity index (χ3n) is 4.19. The summed E-state index contributed by atoms with van der Waals surface area (Å²) in [7, 11) is 1.67. The van der Waals surface area contributed by atoms with Crippen LogP contribution in [0.1, 0.15) is 24.0 Å². The van der Waals surface area contributed by atoms with Crippen LogP contribution in [-0.2, 0) is 16.8 Å². The summed E-state index contributed by atoms with van der Waals surface area (Å²) in [5.41, 5.74) is 2.41. The van der Waals surface area contributed by atoms with Gasteiger partial charge < -0.3 is 9.47 Å². The zero-order valence-electron chi connectivity index (χ0n) is 12.4. The third-order valence-corrected chi connectivity index (χ3v) is 4.79. The van der Waals surface area contributed by atoms with Gasteiger partial charge >= 0.3 is 0 Å². The minimum Gasteiger partial charge on any atom is -0.497 e. The summed E-state index contributed by atoms with van der Waals surface area (Å²) in [4.78, 5) is 0. The van der Waals surface area contributed by atoms with E-state index >= 15 is 0 Å². The molecule has 0 aliphatic heterocycles. The normalized spacial score (nSPS) is 15.6. The van der Waals surface area contributed by atoms with Gasteiger partial charge in [-0.1, -0.05) is 18.2 Å². The molecule has 0 bridgehead atoms. The van der Waals surface area contributed by atoms with Gasteiger partial charge in [-0.25, -0.2) is 4.39 Å². The Labute approximate surface area is 138 Å². The Balaban J connectivity index is 1.59. The number of halogens is 2. The Morgan fingerprint density at radius 1 is 1.14 bits per heavy atom. The molecule has 1 aliphatic carbocycles. The highest BCUT2D eigenvalue weighted by Crippen LogP contribution is 2.48. The van der Waals surface area contributed by atoms with Crippen LogP contribution >= 0.6 is 15.9 Å². The topological polar surface area (TPSA) is 18.5 Å². The molecule has 0 atom stereocenters. The van der Waals surface area contributed by atoms with Crippen molar-refractivity contribution in [1.82, 2.24) is 0 Å². The number of rotatable bonds is 6. The fourth-order valence-corrected chi connectivity index (χ4v) is 3.03. The molecule has 1 aliphatic rings. The Morgan fingerprint density at radius 2 is 1.86 bits per heavy atom. The van der Waals surface area contributed by atoms with E-state index in [0.717, 1.165) is 24.2 Å². The summed E-state index contributed by atoms with van der Waals surface area (Å²) in [5.74, 6) is 0.622. The molecule has 0 heterocycles. The smallest absolute Gasteiger partial charge is 0.137 e. The van der Waals surface area contributed by atoms with Gasteiger partial charge in [0.1, 0.15) is 11.6 Å². The average molecular weight is 365 g/mol. The molecule has 0 spiro atoms. The second-order valence-electron chi connectivity index (χ2n) is 5.75. The van der Waals surface area contributed by atoms with Gasteiger partial charge in [0.2, 0.25) is 0 Å². The van der Waals surface area contributed by atoms with Crippen LogP contribution in [0, 0.1) is 5.82 Å². The highest BCUT2D eigenvalue weighted by molar-refractivity contribution is 9.10. The van der Waals surface area contributed by atoms with E-state index in [1.807, 2.05) is 12.1 Å². The molecule has 0 aromatic heterocycles. The summed E-state index contributed by atoms with van der Waals surface area (Å²) in [6.45, 7) is 1.19. The summed E-state index contributed by atoms with van der Waals surface area (Å²) >= 11 is 3.20. The summed E-state index contributed by atoms with van der Waals surface area (Å²) in [6.07, 6.45) is 2.29. The maximum absolute atomic E-state index is 13.2. The van der Waals surface area contributed by atoms with Crippen molar-refractivity contribution in [1.29, 1.82) is 0 Å². The van der Waals surface area contributed by atoms with Crippen molar-refractivity contribution in [2.24, 2.45) is 0 Å². The molecule has 0 radical (unpaired) electrons. The zero-order valence-corrected chi connectivity index (χ0v) is 14.0. The van der Waals surface area contributed by atoms with Crippen LogP contribution in [0.5, 0.6) is 5.75 Å². The molecular formula is C18H18BrFO2. The van der Waals surface area contributed by atoms with Crippen molar-refractivity contribution in [2.75, 3.05) is 13.7 Å². The van der Waals surface area contributed by atoms with Gasteiger partial charge in [-0.05, 0) is 64.2 Å². The number of hydrogen-bond donors (Lipinski definition) is 0. The van der Waals surface area contributed by atoms with Gasteiger partial charge in [-0.15, -0.1) is 0 Å². The quantitative estimate of drug-likeness (QED) is 0.729. The molecule has 0 saturated heterocycles. The zero-order chi connectivity index (χ0) is 15.6. The molecule has 3 rings (SSSR count). The number of methoxy groups -OCH3 is 1. The second kappa shape index (κ2) is 6.39. The fraction of sp³-hybridized carbons (Fsp3) is 0.333. The van der Waals surface area contributed by atoms with Gasteiger partial charge in [0, 0.05) is 5.41 Å². The molecule has 1 saturated carbocycles. The van der Waals surface area contributed by atoms with E-state index in [9.17, 15) is 4.39 Å². The van der Waals surface area contributed by atoms with Crippen LogP contribution in [0.3, 0.4) is 0 Å². The van der Waals surface area contributed by atoms with Crippen LogP contribution in [0.15, 0.2) is 46.9 Å². The highest BCUT2D eigenvalue weighted by atomic mass is 79.9. The molecule has 0 N–H and O–H groups in total. The van der Waals surface area contributed by atoms with Gasteiger partial charge in [0.05, 0.1) is 24.8 Å². The van der Waals surface area contributed by atoms with E-state index in [4.69, 9.17) is 9.47 Å². The predicted molar refractivity (Wildman–Crippen MR) is 87.7 cm³/mol. The van der Waals surface area contributed by atoms with Crippen molar-refractivity contribution in [3.8, 4) is 5.75 Å². The predicted octanol–water partition coefficient (Wildman–Crippen LogP) is 4.85. The molecule has 0 amide bonds. The van der Waals surface area contributed by atoms with E-state index < -0.39 is 0 Å². The molecule has 0 unspecified atom stereocenters. The highest BCUT2D eigenvalue weighted by Gasteiger charge is 2.44. The van der Waals surface area contributed by atoms with Crippen molar-refractivity contribution in [3.05, 3.63) is 63.9 Å². The van der Waals surface area contributed by atoms with E-state index in [-0.39, 0.29) is 11.2 Å². The van der Waals surface area contributed by atoms with Crippen LogP contribution in [-0.4, -0.2) is 13.7 Å². The SMILES string of the molecule is COc1ccc(C2(COCc3ccc(F)c(Br)c3)CC2)cc1. The number of hydrogen-bond acceptors (Lipinski definition) is 2. The first-order valence-electron chi connectivity index (χ1n) is 7.29. The van der Waals surface area contributed by atoms with E-state index in [0.29, 0.717) is 17.7 Å². The van der Waals surface area contributed by atoms with Gasteiger partial charge in [-0.3, -0.25) is 0 Å². The monoisotopic (exact) mass is 364 g/mol. The standard InChI is InChI=1S/C18H18BrFO2/c1-21-15-5-3-14(4-6-15)18(8-9-18)12-22-11-13-2-7-17(20)16(19)10-13/h2-7,10H,8-9,11-12H2,1H3. The Bertz CT molecular complexity index is 651. The molecule has 4 heteroatoms. The maximum Gasteiger partial charge on any atom is 0.137 e. The molecule has 1 fully saturated rings. The first-order valence-corrected chi connectivity index (χ1v) is 8.08. The summed E-state index contributed by atoms with van der Waals surface area (Å²) in [5, 5.41) is 0. The second-order valence-corrected chi connectivity index (χ2v) is 6.60. The molecular weight excluding hydrogens is 347 g/mol. The number of benzene rings is 2. The van der Waals surface area contributed by atoms with Gasteiger partial charge in [0.15, 0.2) is 0 Å². The Hall–Kier alpha value is -1.39. The first kappa shape index (κ1) is 15.5. The van der Waals surface area contributed by atoms with Crippen molar-refractivity contribution < 1.29 is 13.9 Å². The van der Waals surface area contributed by atoms with Crippen molar-refractivity contribution in [3.63, 3.8) is 0 Å². The molecule has 2 nitrogen and oxygen atoms in total. The lowest BCUT2D eigenvalue weighted by Crippen LogP contribution is -2.15. The lowest BCUT2D eigenvalue weighted by molar-refractivity contribution is 0.100. The molecule has 22 heavy (non-hydrogen) atoms. The van der Waals surface area contributed by atoms with Gasteiger partial charge in [-0.2, -0.15) is 0 Å². The van der Waals surface area contributed by atoms with E-state index in [2.05, 4.69) is 28.1 Å². The first-order chi connectivity index (χ1) is 10.6. The molecule has 2 aromatic rings. The third kappa shape index (κ3) is 3.33. The van der Waals surface area contributed by atoms with Crippen LogP contribution in [0.2, 0.25) is 0 Å². The van der Waals surface area contributed by atoms with Crippen LogP contribution in [0.4, 0.5) is 4.39 Å². The maximum atomic E-state index is 13.2. The average Bonchev–Trinajstić information content (AvgIpc) is 3.32. The lowest BCUT2D eigenvalue weighted by Gasteiger charge is -2.16. The largest absolute Gasteiger partial charge is 0.497 e. The summed E-state index contributed by atoms with van der Waals surface area (Å²) < 4.78 is 24.8. The Kier molecular flexibility index (Phi) is 4.50. The van der Waals surface area contributed by atoms with Crippen LogP contribution < -0.4 is 4.74 Å². The summed E-state index contributed by atoms with van der Waals surface area (Å²) in [6, 6.07) is 13.2. The molecule has 2 aromatic carbocycles. The van der Waals surface area contributed by atoms with Crippen molar-refractivity contribution >= 4 is 15.9 Å². The Morgan fingerprint density at radius 3 is 2.45 bits per heavy atom. The minimum absolute atomic E-state index is 0.142. The fourth-order valence-electron chi connectivity index (χ4n) is 2.61. The molecule has 116 valence electrons.